The van der Waals surface area contributed by atoms with Crippen LogP contribution in [0.3, 0.4) is 0 Å². The third-order valence-corrected chi connectivity index (χ3v) is 7.61. The van der Waals surface area contributed by atoms with Gasteiger partial charge in [-0.2, -0.15) is 4.98 Å². The second-order valence-corrected chi connectivity index (χ2v) is 10.5. The Hall–Kier alpha value is -2.83. The first-order valence-corrected chi connectivity index (χ1v) is 13.0. The molecule has 0 unspecified atom stereocenters. The Morgan fingerprint density at radius 1 is 0.824 bits per heavy atom. The molecule has 1 saturated carbocycles. The van der Waals surface area contributed by atoms with Crippen LogP contribution >= 0.6 is 11.9 Å². The summed E-state index contributed by atoms with van der Waals surface area (Å²) in [5, 5.41) is 7.22. The van der Waals surface area contributed by atoms with Crippen LogP contribution in [0.4, 0.5) is 11.8 Å². The zero-order valence-electron chi connectivity index (χ0n) is 20.0. The molecule has 0 amide bonds. The number of para-hydroxylation sites is 1. The second kappa shape index (κ2) is 10.6. The number of rotatable bonds is 8. The van der Waals surface area contributed by atoms with E-state index in [0.717, 1.165) is 41.7 Å². The fourth-order valence-electron chi connectivity index (χ4n) is 4.83. The van der Waals surface area contributed by atoms with Crippen LogP contribution in [0.25, 0.3) is 21.7 Å². The van der Waals surface area contributed by atoms with Crippen molar-refractivity contribution in [2.45, 2.75) is 30.6 Å². The van der Waals surface area contributed by atoms with Crippen molar-refractivity contribution in [1.82, 2.24) is 14.7 Å². The van der Waals surface area contributed by atoms with Gasteiger partial charge in [0.15, 0.2) is 0 Å². The summed E-state index contributed by atoms with van der Waals surface area (Å²) in [6, 6.07) is 23.4. The average molecular weight is 472 g/mol. The lowest BCUT2D eigenvalue weighted by atomic mass is 9.82. The van der Waals surface area contributed by atoms with Gasteiger partial charge in [-0.3, -0.25) is 4.72 Å². The molecule has 0 aliphatic heterocycles. The van der Waals surface area contributed by atoms with Crippen LogP contribution in [0.15, 0.2) is 71.6 Å². The zero-order valence-corrected chi connectivity index (χ0v) is 20.8. The smallest absolute Gasteiger partial charge is 0.225 e. The molecular weight excluding hydrogens is 438 g/mol. The van der Waals surface area contributed by atoms with E-state index in [1.165, 1.54) is 41.4 Å². The Morgan fingerprint density at radius 2 is 1.53 bits per heavy atom. The number of anilines is 2. The first-order chi connectivity index (χ1) is 16.7. The summed E-state index contributed by atoms with van der Waals surface area (Å²) in [6.45, 7) is 2.01. The van der Waals surface area contributed by atoms with Crippen molar-refractivity contribution in [2.24, 2.45) is 11.8 Å². The molecule has 3 aromatic carbocycles. The van der Waals surface area contributed by atoms with Crippen LogP contribution in [0.5, 0.6) is 0 Å². The van der Waals surface area contributed by atoms with Crippen LogP contribution in [0.1, 0.15) is 25.7 Å². The molecule has 5 rings (SSSR count). The Morgan fingerprint density at radius 3 is 2.32 bits per heavy atom. The van der Waals surface area contributed by atoms with Crippen molar-refractivity contribution < 1.29 is 0 Å². The number of nitrogens with zero attached hydrogens (tertiary/aromatic N) is 3. The lowest BCUT2D eigenvalue weighted by Crippen LogP contribution is -2.26. The molecule has 176 valence electrons. The summed E-state index contributed by atoms with van der Waals surface area (Å²) in [5.41, 5.74) is 0.988. The molecule has 2 N–H and O–H groups in total. The van der Waals surface area contributed by atoms with E-state index >= 15 is 0 Å². The van der Waals surface area contributed by atoms with Gasteiger partial charge in [-0.05, 0) is 84.5 Å². The van der Waals surface area contributed by atoms with Gasteiger partial charge in [0.05, 0.1) is 5.52 Å². The summed E-state index contributed by atoms with van der Waals surface area (Å²) >= 11 is 1.76. The molecule has 1 aliphatic carbocycles. The minimum absolute atomic E-state index is 0.683. The molecule has 6 heteroatoms. The molecule has 0 spiro atoms. The molecule has 1 aromatic heterocycles. The Labute approximate surface area is 206 Å². The van der Waals surface area contributed by atoms with Gasteiger partial charge in [-0.15, -0.1) is 0 Å². The molecule has 0 saturated heterocycles. The molecular formula is C28H33N5S. The fourth-order valence-corrected chi connectivity index (χ4v) is 5.64. The Balaban J connectivity index is 1.08. The van der Waals surface area contributed by atoms with Gasteiger partial charge in [-0.25, -0.2) is 4.98 Å². The SMILES string of the molecule is CN(C)c1nc(NCC2CCC(CNSc3ccc4ccccc4c3)CC2)nc2ccccc12. The highest BCUT2D eigenvalue weighted by molar-refractivity contribution is 7.97. The van der Waals surface area contributed by atoms with Gasteiger partial charge >= 0.3 is 0 Å². The highest BCUT2D eigenvalue weighted by atomic mass is 32.2. The van der Waals surface area contributed by atoms with Gasteiger partial charge in [-0.1, -0.05) is 42.5 Å². The third-order valence-electron chi connectivity index (χ3n) is 6.80. The highest BCUT2D eigenvalue weighted by Crippen LogP contribution is 2.30. The molecule has 4 aromatic rings. The van der Waals surface area contributed by atoms with Crippen molar-refractivity contribution in [3.63, 3.8) is 0 Å². The highest BCUT2D eigenvalue weighted by Gasteiger charge is 2.21. The monoisotopic (exact) mass is 471 g/mol. The van der Waals surface area contributed by atoms with E-state index < -0.39 is 0 Å². The lowest BCUT2D eigenvalue weighted by Gasteiger charge is -2.28. The molecule has 1 fully saturated rings. The number of nitrogens with one attached hydrogen (secondary N) is 2. The number of fused-ring (bicyclic) bond motifs is 2. The van der Waals surface area contributed by atoms with E-state index in [2.05, 4.69) is 69.5 Å². The molecule has 0 atom stereocenters. The fraction of sp³-hybridized carbons (Fsp3) is 0.357. The number of hydrogen-bond acceptors (Lipinski definition) is 6. The molecule has 0 bridgehead atoms. The topological polar surface area (TPSA) is 53.1 Å². The maximum atomic E-state index is 4.78. The van der Waals surface area contributed by atoms with Crippen molar-refractivity contribution >= 4 is 45.4 Å². The quantitative estimate of drug-likeness (QED) is 0.292. The minimum Gasteiger partial charge on any atom is -0.362 e. The van der Waals surface area contributed by atoms with E-state index in [1.807, 2.05) is 26.2 Å². The lowest BCUT2D eigenvalue weighted by molar-refractivity contribution is 0.285. The summed E-state index contributed by atoms with van der Waals surface area (Å²) < 4.78 is 3.62. The van der Waals surface area contributed by atoms with E-state index in [0.29, 0.717) is 5.92 Å². The van der Waals surface area contributed by atoms with E-state index in [-0.39, 0.29) is 0 Å². The number of hydrogen-bond donors (Lipinski definition) is 2. The van der Waals surface area contributed by atoms with Crippen molar-refractivity contribution in [3.8, 4) is 0 Å². The largest absolute Gasteiger partial charge is 0.362 e. The Kier molecular flexibility index (Phi) is 7.16. The Bertz CT molecular complexity index is 1250. The summed E-state index contributed by atoms with van der Waals surface area (Å²) in [6.07, 6.45) is 5.07. The van der Waals surface area contributed by atoms with Gasteiger partial charge < -0.3 is 10.2 Å². The normalized spacial score (nSPS) is 18.3. The molecule has 5 nitrogen and oxygen atoms in total. The van der Waals surface area contributed by atoms with Gasteiger partial charge in [0.2, 0.25) is 5.95 Å². The molecule has 34 heavy (non-hydrogen) atoms. The summed E-state index contributed by atoms with van der Waals surface area (Å²) in [5.74, 6) is 3.13. The maximum Gasteiger partial charge on any atom is 0.225 e. The second-order valence-electron chi connectivity index (χ2n) is 9.51. The predicted molar refractivity (Wildman–Crippen MR) is 146 cm³/mol. The number of aromatic nitrogens is 2. The molecule has 1 heterocycles. The third kappa shape index (κ3) is 5.45. The molecule has 1 aliphatic rings. The first kappa shape index (κ1) is 22.9. The van der Waals surface area contributed by atoms with E-state index in [9.17, 15) is 0 Å². The van der Waals surface area contributed by atoms with E-state index in [4.69, 9.17) is 9.97 Å². The van der Waals surface area contributed by atoms with Crippen LogP contribution in [-0.2, 0) is 0 Å². The average Bonchev–Trinajstić information content (AvgIpc) is 2.87. The summed E-state index contributed by atoms with van der Waals surface area (Å²) in [7, 11) is 4.07. The minimum atomic E-state index is 0.683. The van der Waals surface area contributed by atoms with Crippen molar-refractivity contribution in [1.29, 1.82) is 0 Å². The number of benzene rings is 3. The van der Waals surface area contributed by atoms with Crippen molar-refractivity contribution in [2.75, 3.05) is 37.4 Å². The van der Waals surface area contributed by atoms with Crippen LogP contribution in [0, 0.1) is 11.8 Å². The van der Waals surface area contributed by atoms with Gasteiger partial charge in [0, 0.05) is 37.5 Å². The van der Waals surface area contributed by atoms with Crippen LogP contribution < -0.4 is 14.9 Å². The van der Waals surface area contributed by atoms with Crippen molar-refractivity contribution in [3.05, 3.63) is 66.7 Å². The maximum absolute atomic E-state index is 4.78. The van der Waals surface area contributed by atoms with E-state index in [1.54, 1.807) is 11.9 Å². The summed E-state index contributed by atoms with van der Waals surface area (Å²) in [4.78, 5) is 12.9. The zero-order chi connectivity index (χ0) is 23.3. The van der Waals surface area contributed by atoms with Gasteiger partial charge in [0.25, 0.3) is 0 Å². The molecule has 0 radical (unpaired) electrons. The van der Waals surface area contributed by atoms with Crippen LogP contribution in [-0.4, -0.2) is 37.2 Å². The first-order valence-electron chi connectivity index (χ1n) is 12.2. The standard InChI is InChI=1S/C28H33N5S/c1-33(2)27-25-9-5-6-10-26(25)31-28(32-27)29-18-20-11-13-21(14-12-20)19-30-34-24-16-15-22-7-3-4-8-23(22)17-24/h3-10,15-17,20-21,30H,11-14,18-19H2,1-2H3,(H,29,31,32). The van der Waals surface area contributed by atoms with Crippen LogP contribution in [0.2, 0.25) is 0 Å². The van der Waals surface area contributed by atoms with Gasteiger partial charge in [0.1, 0.15) is 5.82 Å². The predicted octanol–water partition coefficient (Wildman–Crippen LogP) is 6.36.